The second-order valence-corrected chi connectivity index (χ2v) is 5.86. The number of halogens is 2. The standard InChI is InChI=1S/C13H18Cl2N4/c14-7-11-12(15)16-9-17-13(11)19-6-2-5-18-4-1-3-10(18)8-19/h9-10H,1-8H2. The minimum absolute atomic E-state index is 0.361. The van der Waals surface area contributed by atoms with Gasteiger partial charge in [-0.25, -0.2) is 9.97 Å². The third-order valence-corrected chi connectivity index (χ3v) is 4.70. The van der Waals surface area contributed by atoms with E-state index in [9.17, 15) is 0 Å². The van der Waals surface area contributed by atoms with Gasteiger partial charge in [0, 0.05) is 31.2 Å². The summed E-state index contributed by atoms with van der Waals surface area (Å²) in [5.74, 6) is 1.28. The Morgan fingerprint density at radius 1 is 1.21 bits per heavy atom. The number of nitrogens with zero attached hydrogens (tertiary/aromatic N) is 4. The number of aromatic nitrogens is 2. The Morgan fingerprint density at radius 2 is 2.05 bits per heavy atom. The van der Waals surface area contributed by atoms with Crippen LogP contribution in [0.2, 0.25) is 5.15 Å². The highest BCUT2D eigenvalue weighted by Crippen LogP contribution is 2.29. The summed E-state index contributed by atoms with van der Waals surface area (Å²) in [6.45, 7) is 4.48. The fourth-order valence-electron chi connectivity index (χ4n) is 3.17. The van der Waals surface area contributed by atoms with Crippen molar-refractivity contribution in [1.29, 1.82) is 0 Å². The van der Waals surface area contributed by atoms with Crippen molar-refractivity contribution >= 4 is 29.0 Å². The molecule has 3 rings (SSSR count). The first-order valence-electron chi connectivity index (χ1n) is 6.84. The number of hydrogen-bond donors (Lipinski definition) is 0. The molecule has 19 heavy (non-hydrogen) atoms. The minimum atomic E-state index is 0.361. The predicted octanol–water partition coefficient (Wildman–Crippen LogP) is 2.54. The fourth-order valence-corrected chi connectivity index (χ4v) is 3.68. The molecule has 104 valence electrons. The molecule has 3 heterocycles. The van der Waals surface area contributed by atoms with Crippen LogP contribution in [0.5, 0.6) is 0 Å². The van der Waals surface area contributed by atoms with Crippen LogP contribution in [-0.2, 0) is 5.88 Å². The van der Waals surface area contributed by atoms with Crippen molar-refractivity contribution in [3.63, 3.8) is 0 Å². The molecule has 2 saturated heterocycles. The van der Waals surface area contributed by atoms with Crippen LogP contribution in [0.1, 0.15) is 24.8 Å². The van der Waals surface area contributed by atoms with Gasteiger partial charge in [-0.15, -0.1) is 11.6 Å². The molecule has 1 aromatic rings. The van der Waals surface area contributed by atoms with Crippen LogP contribution < -0.4 is 4.90 Å². The zero-order chi connectivity index (χ0) is 13.2. The highest BCUT2D eigenvalue weighted by atomic mass is 35.5. The topological polar surface area (TPSA) is 32.3 Å². The lowest BCUT2D eigenvalue weighted by molar-refractivity contribution is 0.273. The lowest BCUT2D eigenvalue weighted by Crippen LogP contribution is -2.37. The molecule has 0 radical (unpaired) electrons. The van der Waals surface area contributed by atoms with Crippen LogP contribution in [0.3, 0.4) is 0 Å². The molecule has 0 aromatic carbocycles. The molecular weight excluding hydrogens is 283 g/mol. The van der Waals surface area contributed by atoms with E-state index in [1.165, 1.54) is 38.7 Å². The highest BCUT2D eigenvalue weighted by Gasteiger charge is 2.30. The van der Waals surface area contributed by atoms with Gasteiger partial charge in [-0.3, -0.25) is 4.90 Å². The van der Waals surface area contributed by atoms with Gasteiger partial charge in [0.1, 0.15) is 17.3 Å². The summed E-state index contributed by atoms with van der Waals surface area (Å²) in [5, 5.41) is 0.479. The maximum Gasteiger partial charge on any atom is 0.138 e. The molecule has 1 aromatic heterocycles. The van der Waals surface area contributed by atoms with Crippen LogP contribution >= 0.6 is 23.2 Å². The molecule has 2 aliphatic heterocycles. The van der Waals surface area contributed by atoms with Crippen LogP contribution in [-0.4, -0.2) is 47.1 Å². The maximum atomic E-state index is 6.13. The van der Waals surface area contributed by atoms with E-state index in [1.807, 2.05) is 0 Å². The summed E-state index contributed by atoms with van der Waals surface area (Å²) in [6.07, 6.45) is 5.29. The Bertz CT molecular complexity index is 454. The fraction of sp³-hybridized carbons (Fsp3) is 0.692. The molecule has 2 fully saturated rings. The van der Waals surface area contributed by atoms with Gasteiger partial charge in [-0.05, 0) is 25.8 Å². The van der Waals surface area contributed by atoms with Gasteiger partial charge < -0.3 is 4.90 Å². The summed E-state index contributed by atoms with van der Waals surface area (Å²) in [5.41, 5.74) is 0.859. The number of hydrogen-bond acceptors (Lipinski definition) is 4. The van der Waals surface area contributed by atoms with Crippen LogP contribution in [0.25, 0.3) is 0 Å². The van der Waals surface area contributed by atoms with Crippen molar-refractivity contribution in [2.24, 2.45) is 0 Å². The average molecular weight is 301 g/mol. The first-order valence-corrected chi connectivity index (χ1v) is 7.75. The predicted molar refractivity (Wildman–Crippen MR) is 78.0 cm³/mol. The van der Waals surface area contributed by atoms with Crippen LogP contribution in [0.4, 0.5) is 5.82 Å². The van der Waals surface area contributed by atoms with Crippen molar-refractivity contribution in [1.82, 2.24) is 14.9 Å². The third kappa shape index (κ3) is 2.67. The quantitative estimate of drug-likeness (QED) is 0.621. The van der Waals surface area contributed by atoms with Crippen molar-refractivity contribution in [2.75, 3.05) is 31.1 Å². The van der Waals surface area contributed by atoms with Gasteiger partial charge >= 0.3 is 0 Å². The SMILES string of the molecule is ClCc1c(Cl)ncnc1N1CCCN2CCCC2C1. The van der Waals surface area contributed by atoms with E-state index in [1.54, 1.807) is 0 Å². The first-order chi connectivity index (χ1) is 9.29. The number of fused-ring (bicyclic) bond motifs is 1. The molecule has 2 aliphatic rings. The molecule has 1 unspecified atom stereocenters. The highest BCUT2D eigenvalue weighted by molar-refractivity contribution is 6.31. The summed E-state index contributed by atoms with van der Waals surface area (Å²) in [4.78, 5) is 13.4. The second kappa shape index (κ2) is 5.81. The average Bonchev–Trinajstić information content (AvgIpc) is 2.76. The zero-order valence-electron chi connectivity index (χ0n) is 10.9. The summed E-state index contributed by atoms with van der Waals surface area (Å²) in [7, 11) is 0. The van der Waals surface area contributed by atoms with Crippen LogP contribution in [0, 0.1) is 0 Å². The normalized spacial score (nSPS) is 24.3. The zero-order valence-corrected chi connectivity index (χ0v) is 12.4. The second-order valence-electron chi connectivity index (χ2n) is 5.23. The summed E-state index contributed by atoms with van der Waals surface area (Å²) < 4.78 is 0. The molecule has 0 N–H and O–H groups in total. The summed E-state index contributed by atoms with van der Waals surface area (Å²) in [6, 6.07) is 0.652. The van der Waals surface area contributed by atoms with Crippen LogP contribution in [0.15, 0.2) is 6.33 Å². The Hall–Kier alpha value is -0.580. The van der Waals surface area contributed by atoms with Gasteiger partial charge in [-0.1, -0.05) is 11.6 Å². The van der Waals surface area contributed by atoms with Crippen molar-refractivity contribution < 1.29 is 0 Å². The largest absolute Gasteiger partial charge is 0.355 e. The molecule has 6 heteroatoms. The van der Waals surface area contributed by atoms with Crippen molar-refractivity contribution in [3.8, 4) is 0 Å². The van der Waals surface area contributed by atoms with Gasteiger partial charge in [-0.2, -0.15) is 0 Å². The molecule has 0 aliphatic carbocycles. The lowest BCUT2D eigenvalue weighted by Gasteiger charge is -2.27. The van der Waals surface area contributed by atoms with E-state index in [4.69, 9.17) is 23.2 Å². The van der Waals surface area contributed by atoms with E-state index in [2.05, 4.69) is 19.8 Å². The van der Waals surface area contributed by atoms with Gasteiger partial charge in [0.25, 0.3) is 0 Å². The smallest absolute Gasteiger partial charge is 0.138 e. The molecule has 0 spiro atoms. The van der Waals surface area contributed by atoms with E-state index in [-0.39, 0.29) is 0 Å². The van der Waals surface area contributed by atoms with E-state index in [0.29, 0.717) is 17.1 Å². The van der Waals surface area contributed by atoms with E-state index < -0.39 is 0 Å². The van der Waals surface area contributed by atoms with Gasteiger partial charge in [0.05, 0.1) is 5.88 Å². The molecule has 0 saturated carbocycles. The van der Waals surface area contributed by atoms with Crippen molar-refractivity contribution in [3.05, 3.63) is 17.0 Å². The maximum absolute atomic E-state index is 6.13. The van der Waals surface area contributed by atoms with E-state index >= 15 is 0 Å². The Labute approximate surface area is 123 Å². The number of anilines is 1. The molecule has 0 amide bonds. The molecule has 1 atom stereocenters. The third-order valence-electron chi connectivity index (χ3n) is 4.11. The van der Waals surface area contributed by atoms with Gasteiger partial charge in [0.2, 0.25) is 0 Å². The Morgan fingerprint density at radius 3 is 2.89 bits per heavy atom. The molecular formula is C13H18Cl2N4. The summed E-state index contributed by atoms with van der Waals surface area (Å²) >= 11 is 12.1. The van der Waals surface area contributed by atoms with Gasteiger partial charge in [0.15, 0.2) is 0 Å². The molecule has 0 bridgehead atoms. The minimum Gasteiger partial charge on any atom is -0.355 e. The number of alkyl halides is 1. The van der Waals surface area contributed by atoms with Crippen molar-refractivity contribution in [2.45, 2.75) is 31.2 Å². The first kappa shape index (κ1) is 13.4. The Kier molecular flexibility index (Phi) is 4.10. The monoisotopic (exact) mass is 300 g/mol. The Balaban J connectivity index is 1.87. The van der Waals surface area contributed by atoms with E-state index in [0.717, 1.165) is 24.5 Å². The molecule has 4 nitrogen and oxygen atoms in total. The number of rotatable bonds is 2. The lowest BCUT2D eigenvalue weighted by atomic mass is 10.2.